The molecule has 0 spiro atoms. The van der Waals surface area contributed by atoms with Crippen molar-refractivity contribution < 1.29 is 9.84 Å². The van der Waals surface area contributed by atoms with E-state index < -0.39 is 5.60 Å². The van der Waals surface area contributed by atoms with Crippen molar-refractivity contribution in [3.63, 3.8) is 0 Å². The topological polar surface area (TPSA) is 35.9 Å². The van der Waals surface area contributed by atoms with Crippen LogP contribution in [0, 0.1) is 0 Å². The quantitative estimate of drug-likeness (QED) is 0.476. The molecule has 0 aromatic heterocycles. The number of piperidine rings is 1. The van der Waals surface area contributed by atoms with E-state index in [0.29, 0.717) is 6.61 Å². The zero-order valence-electron chi connectivity index (χ0n) is 17.6. The second-order valence-corrected chi connectivity index (χ2v) is 8.08. The van der Waals surface area contributed by atoms with Gasteiger partial charge in [0.15, 0.2) is 0 Å². The van der Waals surface area contributed by atoms with Gasteiger partial charge >= 0.3 is 0 Å². The predicted molar refractivity (Wildman–Crippen MR) is 121 cm³/mol. The lowest BCUT2D eigenvalue weighted by Crippen LogP contribution is -2.45. The van der Waals surface area contributed by atoms with Crippen molar-refractivity contribution in [1.29, 1.82) is 0 Å². The first kappa shape index (κ1) is 21.4. The molecular weight excluding hydrogens is 360 g/mol. The third-order valence-electron chi connectivity index (χ3n) is 5.82. The normalized spacial score (nSPS) is 16.3. The van der Waals surface area contributed by atoms with E-state index in [1.807, 2.05) is 18.2 Å². The fraction of sp³-hybridized carbons (Fsp3) is 0.440. The Balaban J connectivity index is 1.42. The van der Waals surface area contributed by atoms with Crippen molar-refractivity contribution in [2.24, 2.45) is 0 Å². The number of ether oxygens (including phenoxy) is 1. The Morgan fingerprint density at radius 2 is 1.79 bits per heavy atom. The second kappa shape index (κ2) is 10.5. The minimum absolute atomic E-state index is 0.560. The summed E-state index contributed by atoms with van der Waals surface area (Å²) in [5, 5.41) is 11.0. The van der Waals surface area contributed by atoms with E-state index in [-0.39, 0.29) is 0 Å². The zero-order chi connectivity index (χ0) is 20.5. The van der Waals surface area contributed by atoms with Gasteiger partial charge in [0, 0.05) is 38.9 Å². The number of nitrogens with zero attached hydrogens (tertiary/aromatic N) is 2. The van der Waals surface area contributed by atoms with E-state index in [1.165, 1.54) is 5.56 Å². The van der Waals surface area contributed by atoms with Crippen molar-refractivity contribution >= 4 is 5.69 Å². The first-order chi connectivity index (χ1) is 14.1. The van der Waals surface area contributed by atoms with Gasteiger partial charge in [-0.25, -0.2) is 0 Å². The Hall–Kier alpha value is -2.30. The lowest BCUT2D eigenvalue weighted by molar-refractivity contribution is -0.0275. The van der Waals surface area contributed by atoms with Gasteiger partial charge in [0.2, 0.25) is 0 Å². The van der Waals surface area contributed by atoms with Gasteiger partial charge < -0.3 is 14.7 Å². The number of hydrogen-bond donors (Lipinski definition) is 1. The summed E-state index contributed by atoms with van der Waals surface area (Å²) in [6.07, 6.45) is 5.18. The molecule has 0 radical (unpaired) electrons. The molecule has 4 heteroatoms. The van der Waals surface area contributed by atoms with E-state index in [0.717, 1.165) is 63.3 Å². The fourth-order valence-electron chi connectivity index (χ4n) is 3.78. The molecule has 0 aliphatic carbocycles. The summed E-state index contributed by atoms with van der Waals surface area (Å²) in [7, 11) is 2.08. The van der Waals surface area contributed by atoms with Crippen molar-refractivity contribution in [2.75, 3.05) is 38.2 Å². The van der Waals surface area contributed by atoms with Crippen LogP contribution >= 0.6 is 0 Å². The highest BCUT2D eigenvalue weighted by Gasteiger charge is 2.32. The minimum atomic E-state index is -0.560. The van der Waals surface area contributed by atoms with Crippen LogP contribution in [0.3, 0.4) is 0 Å². The molecule has 29 heavy (non-hydrogen) atoms. The summed E-state index contributed by atoms with van der Waals surface area (Å²) in [4.78, 5) is 4.65. The van der Waals surface area contributed by atoms with Crippen LogP contribution in [-0.4, -0.2) is 48.9 Å². The molecular formula is C25H34N2O2. The second-order valence-electron chi connectivity index (χ2n) is 8.08. The summed E-state index contributed by atoms with van der Waals surface area (Å²) < 4.78 is 5.67. The molecule has 1 aliphatic heterocycles. The van der Waals surface area contributed by atoms with Gasteiger partial charge in [0.05, 0.1) is 12.2 Å². The Morgan fingerprint density at radius 3 is 2.45 bits per heavy atom. The molecule has 0 saturated carbocycles. The number of anilines is 1. The smallest absolute Gasteiger partial charge is 0.119 e. The molecule has 1 fully saturated rings. The van der Waals surface area contributed by atoms with Gasteiger partial charge in [-0.1, -0.05) is 36.4 Å². The summed E-state index contributed by atoms with van der Waals surface area (Å²) in [5.41, 5.74) is 1.93. The van der Waals surface area contributed by atoms with Gasteiger partial charge in [-0.2, -0.15) is 0 Å². The standard InChI is InChI=1S/C25H34N2O2/c1-3-4-20-29-24-12-10-23(11-13-24)26(2)17-14-25(28)15-18-27(19-16-25)21-22-8-6-5-7-9-22/h3,5-13,28H,1,4,14-21H2,2H3. The third-order valence-corrected chi connectivity index (χ3v) is 5.82. The third kappa shape index (κ3) is 6.62. The average molecular weight is 395 g/mol. The maximum Gasteiger partial charge on any atom is 0.119 e. The molecule has 2 aromatic carbocycles. The van der Waals surface area contributed by atoms with E-state index in [1.54, 1.807) is 0 Å². The number of aliphatic hydroxyl groups is 1. The first-order valence-corrected chi connectivity index (χ1v) is 10.6. The monoisotopic (exact) mass is 394 g/mol. The van der Waals surface area contributed by atoms with Gasteiger partial charge in [-0.3, -0.25) is 4.90 Å². The molecule has 0 atom stereocenters. The van der Waals surface area contributed by atoms with Crippen LogP contribution in [0.15, 0.2) is 67.3 Å². The Morgan fingerprint density at radius 1 is 1.10 bits per heavy atom. The van der Waals surface area contributed by atoms with Crippen molar-refractivity contribution in [1.82, 2.24) is 4.90 Å². The lowest BCUT2D eigenvalue weighted by Gasteiger charge is -2.39. The highest BCUT2D eigenvalue weighted by Crippen LogP contribution is 2.28. The molecule has 156 valence electrons. The SMILES string of the molecule is C=CCCOc1ccc(N(C)CCC2(O)CCN(Cc3ccccc3)CC2)cc1. The Labute approximate surface area is 175 Å². The Kier molecular flexibility index (Phi) is 7.73. The van der Waals surface area contributed by atoms with Crippen LogP contribution in [0.25, 0.3) is 0 Å². The lowest BCUT2D eigenvalue weighted by atomic mass is 9.88. The van der Waals surface area contributed by atoms with Crippen LogP contribution in [0.4, 0.5) is 5.69 Å². The van der Waals surface area contributed by atoms with Crippen LogP contribution in [-0.2, 0) is 6.54 Å². The number of hydrogen-bond acceptors (Lipinski definition) is 4. The van der Waals surface area contributed by atoms with Gasteiger partial charge in [-0.05, 0) is 55.5 Å². The fourth-order valence-corrected chi connectivity index (χ4v) is 3.78. The number of benzene rings is 2. The molecule has 0 unspecified atom stereocenters. The molecule has 1 saturated heterocycles. The molecule has 1 aliphatic rings. The van der Waals surface area contributed by atoms with Crippen LogP contribution in [0.1, 0.15) is 31.2 Å². The van der Waals surface area contributed by atoms with Gasteiger partial charge in [0.25, 0.3) is 0 Å². The molecule has 3 rings (SSSR count). The molecule has 0 bridgehead atoms. The zero-order valence-corrected chi connectivity index (χ0v) is 17.6. The molecule has 1 N–H and O–H groups in total. The molecule has 2 aromatic rings. The summed E-state index contributed by atoms with van der Waals surface area (Å²) in [6.45, 7) is 8.08. The largest absolute Gasteiger partial charge is 0.493 e. The van der Waals surface area contributed by atoms with Crippen molar-refractivity contribution in [3.05, 3.63) is 72.8 Å². The first-order valence-electron chi connectivity index (χ1n) is 10.6. The molecule has 1 heterocycles. The molecule has 4 nitrogen and oxygen atoms in total. The minimum Gasteiger partial charge on any atom is -0.493 e. The number of rotatable bonds is 10. The highest BCUT2D eigenvalue weighted by molar-refractivity contribution is 5.48. The summed E-state index contributed by atoms with van der Waals surface area (Å²) in [6, 6.07) is 18.7. The highest BCUT2D eigenvalue weighted by atomic mass is 16.5. The van der Waals surface area contributed by atoms with E-state index in [2.05, 4.69) is 65.9 Å². The summed E-state index contributed by atoms with van der Waals surface area (Å²) >= 11 is 0. The van der Waals surface area contributed by atoms with E-state index in [9.17, 15) is 5.11 Å². The Bertz CT molecular complexity index is 737. The summed E-state index contributed by atoms with van der Waals surface area (Å²) in [5.74, 6) is 0.883. The van der Waals surface area contributed by atoms with Crippen LogP contribution < -0.4 is 9.64 Å². The van der Waals surface area contributed by atoms with E-state index in [4.69, 9.17) is 4.74 Å². The van der Waals surface area contributed by atoms with Crippen LogP contribution in [0.5, 0.6) is 5.75 Å². The molecule has 0 amide bonds. The van der Waals surface area contributed by atoms with Crippen LogP contribution in [0.2, 0.25) is 0 Å². The van der Waals surface area contributed by atoms with E-state index >= 15 is 0 Å². The number of likely N-dealkylation sites (tertiary alicyclic amines) is 1. The maximum atomic E-state index is 11.0. The van der Waals surface area contributed by atoms with Crippen molar-refractivity contribution in [3.8, 4) is 5.75 Å². The van der Waals surface area contributed by atoms with Gasteiger partial charge in [-0.15, -0.1) is 6.58 Å². The van der Waals surface area contributed by atoms with Crippen molar-refractivity contribution in [2.45, 2.75) is 37.8 Å². The average Bonchev–Trinajstić information content (AvgIpc) is 2.75. The predicted octanol–water partition coefficient (Wildman–Crippen LogP) is 4.49. The maximum absolute atomic E-state index is 11.0. The van der Waals surface area contributed by atoms with Gasteiger partial charge in [0.1, 0.15) is 5.75 Å².